The molecule has 1 N–H and O–H groups in total. The number of carbonyl (C=O) groups excluding carboxylic acids is 3. The molecule has 0 spiro atoms. The number of hydrogen-bond donors (Lipinski definition) is 1. The molecule has 1 heterocycles. The number of ketones is 2. The van der Waals surface area contributed by atoms with Crippen LogP contribution in [0, 0.1) is 0 Å². The van der Waals surface area contributed by atoms with E-state index in [4.69, 9.17) is 0 Å². The fourth-order valence-corrected chi connectivity index (χ4v) is 3.00. The zero-order valence-corrected chi connectivity index (χ0v) is 15.8. The van der Waals surface area contributed by atoms with Crippen molar-refractivity contribution < 1.29 is 24.2 Å². The van der Waals surface area contributed by atoms with E-state index in [-0.39, 0.29) is 17.9 Å². The maximum atomic E-state index is 12.8. The predicted octanol–water partition coefficient (Wildman–Crippen LogP) is 2.46. The van der Waals surface area contributed by atoms with Crippen molar-refractivity contribution in [2.24, 2.45) is 0 Å². The molecular weight excluding hydrogens is 374 g/mol. The number of phenolic OH excluding ortho intramolecular Hbond substituents is 1. The van der Waals surface area contributed by atoms with Gasteiger partial charge in [0.1, 0.15) is 5.75 Å². The van der Waals surface area contributed by atoms with E-state index in [1.165, 1.54) is 6.20 Å². The molecule has 0 aliphatic rings. The Morgan fingerprint density at radius 1 is 1.03 bits per heavy atom. The van der Waals surface area contributed by atoms with Crippen LogP contribution in [0.3, 0.4) is 0 Å². The second-order valence-corrected chi connectivity index (χ2v) is 6.43. The third kappa shape index (κ3) is 4.40. The van der Waals surface area contributed by atoms with E-state index in [1.807, 2.05) is 0 Å². The van der Waals surface area contributed by atoms with Gasteiger partial charge in [-0.2, -0.15) is 0 Å². The van der Waals surface area contributed by atoms with Crippen LogP contribution in [0.2, 0.25) is 0 Å². The fraction of sp³-hybridized carbons (Fsp3) is 0.182. The normalized spacial score (nSPS) is 10.7. The van der Waals surface area contributed by atoms with Crippen LogP contribution >= 0.6 is 0 Å². The molecule has 7 nitrogen and oxygen atoms in total. The van der Waals surface area contributed by atoms with Gasteiger partial charge < -0.3 is 14.4 Å². The zero-order chi connectivity index (χ0) is 21.0. The molecule has 3 rings (SSSR count). The standard InChI is InChI=1S/C22H19NO6/c1-2-29-22(28)20(26)11-19(25)17-13-23(12-14-7-9-15(24)10-8-14)18-6-4-3-5-16(18)21(17)27/h3-10,13,24H,2,11-12H2,1H3. The third-order valence-electron chi connectivity index (χ3n) is 4.40. The van der Waals surface area contributed by atoms with Crippen LogP contribution in [-0.4, -0.2) is 33.8 Å². The number of Topliss-reactive ketones (excluding diaryl/α,β-unsaturated/α-hetero) is 2. The zero-order valence-electron chi connectivity index (χ0n) is 15.8. The average Bonchev–Trinajstić information content (AvgIpc) is 2.71. The number of fused-ring (bicyclic) bond motifs is 1. The van der Waals surface area contributed by atoms with Crippen LogP contribution < -0.4 is 5.43 Å². The van der Waals surface area contributed by atoms with Crippen molar-refractivity contribution in [2.45, 2.75) is 19.9 Å². The van der Waals surface area contributed by atoms with Gasteiger partial charge in [0.2, 0.25) is 5.78 Å². The van der Waals surface area contributed by atoms with Gasteiger partial charge in [-0.05, 0) is 36.8 Å². The summed E-state index contributed by atoms with van der Waals surface area (Å²) in [6.07, 6.45) is 0.671. The summed E-state index contributed by atoms with van der Waals surface area (Å²) in [5, 5.41) is 9.79. The molecule has 0 radical (unpaired) electrons. The molecule has 0 fully saturated rings. The number of hydrogen-bond acceptors (Lipinski definition) is 6. The first-order valence-electron chi connectivity index (χ1n) is 9.04. The van der Waals surface area contributed by atoms with Crippen molar-refractivity contribution >= 4 is 28.4 Å². The third-order valence-corrected chi connectivity index (χ3v) is 4.40. The molecular formula is C22H19NO6. The van der Waals surface area contributed by atoms with Gasteiger partial charge >= 0.3 is 5.97 Å². The van der Waals surface area contributed by atoms with Crippen LogP contribution in [0.4, 0.5) is 0 Å². The SMILES string of the molecule is CCOC(=O)C(=O)CC(=O)c1cn(Cc2ccc(O)cc2)c2ccccc2c1=O. The Morgan fingerprint density at radius 2 is 1.72 bits per heavy atom. The van der Waals surface area contributed by atoms with Crippen molar-refractivity contribution in [3.05, 3.63) is 76.1 Å². The molecule has 0 bridgehead atoms. The quantitative estimate of drug-likeness (QED) is 0.286. The lowest BCUT2D eigenvalue weighted by molar-refractivity contribution is -0.153. The first-order valence-corrected chi connectivity index (χ1v) is 9.04. The van der Waals surface area contributed by atoms with Crippen LogP contribution in [-0.2, 0) is 20.9 Å². The van der Waals surface area contributed by atoms with Gasteiger partial charge in [-0.25, -0.2) is 4.79 Å². The summed E-state index contributed by atoms with van der Waals surface area (Å²) in [7, 11) is 0. The smallest absolute Gasteiger partial charge is 0.375 e. The molecule has 29 heavy (non-hydrogen) atoms. The number of para-hydroxylation sites is 1. The minimum Gasteiger partial charge on any atom is -0.508 e. The van der Waals surface area contributed by atoms with E-state index in [0.29, 0.717) is 17.4 Å². The molecule has 7 heteroatoms. The van der Waals surface area contributed by atoms with E-state index in [0.717, 1.165) is 5.56 Å². The summed E-state index contributed by atoms with van der Waals surface area (Å²) in [6.45, 7) is 1.92. The number of nitrogens with zero attached hydrogens (tertiary/aromatic N) is 1. The Bertz CT molecular complexity index is 1140. The number of ether oxygens (including phenoxy) is 1. The number of phenols is 1. The number of rotatable bonds is 7. The predicted molar refractivity (Wildman–Crippen MR) is 106 cm³/mol. The maximum Gasteiger partial charge on any atom is 0.375 e. The largest absolute Gasteiger partial charge is 0.508 e. The monoisotopic (exact) mass is 393 g/mol. The summed E-state index contributed by atoms with van der Waals surface area (Å²) >= 11 is 0. The van der Waals surface area contributed by atoms with Crippen molar-refractivity contribution in [2.75, 3.05) is 6.61 Å². The van der Waals surface area contributed by atoms with Crippen LogP contribution in [0.25, 0.3) is 10.9 Å². The molecule has 2 aromatic carbocycles. The van der Waals surface area contributed by atoms with Crippen LogP contribution in [0.5, 0.6) is 5.75 Å². The lowest BCUT2D eigenvalue weighted by Crippen LogP contribution is -2.25. The van der Waals surface area contributed by atoms with Gasteiger partial charge in [-0.3, -0.25) is 14.4 Å². The summed E-state index contributed by atoms with van der Waals surface area (Å²) in [4.78, 5) is 48.8. The molecule has 0 atom stereocenters. The average molecular weight is 393 g/mol. The molecule has 0 aliphatic heterocycles. The molecule has 0 aliphatic carbocycles. The van der Waals surface area contributed by atoms with Crippen molar-refractivity contribution in [3.8, 4) is 5.75 Å². The van der Waals surface area contributed by atoms with Gasteiger partial charge in [0.15, 0.2) is 11.2 Å². The van der Waals surface area contributed by atoms with Gasteiger partial charge in [0.05, 0.1) is 24.1 Å². The number of aromatic nitrogens is 1. The van der Waals surface area contributed by atoms with Gasteiger partial charge in [-0.15, -0.1) is 0 Å². The summed E-state index contributed by atoms with van der Waals surface area (Å²) in [5.41, 5.74) is 0.806. The molecule has 1 aromatic heterocycles. The Labute approximate surface area is 166 Å². The number of esters is 1. The van der Waals surface area contributed by atoms with Crippen molar-refractivity contribution in [1.82, 2.24) is 4.57 Å². The van der Waals surface area contributed by atoms with Gasteiger partial charge in [-0.1, -0.05) is 24.3 Å². The maximum absolute atomic E-state index is 12.8. The Morgan fingerprint density at radius 3 is 2.41 bits per heavy atom. The summed E-state index contributed by atoms with van der Waals surface area (Å²) in [5.74, 6) is -2.69. The molecule has 0 saturated heterocycles. The number of aromatic hydroxyl groups is 1. The minimum atomic E-state index is -1.09. The van der Waals surface area contributed by atoms with E-state index in [2.05, 4.69) is 4.74 Å². The van der Waals surface area contributed by atoms with E-state index >= 15 is 0 Å². The van der Waals surface area contributed by atoms with E-state index < -0.39 is 29.4 Å². The molecule has 0 saturated carbocycles. The Hall–Kier alpha value is -3.74. The first kappa shape index (κ1) is 20.0. The highest BCUT2D eigenvalue weighted by molar-refractivity contribution is 6.38. The van der Waals surface area contributed by atoms with Gasteiger partial charge in [0, 0.05) is 18.1 Å². The fourth-order valence-electron chi connectivity index (χ4n) is 3.00. The topological polar surface area (TPSA) is 103 Å². The number of carbonyl (C=O) groups is 3. The van der Waals surface area contributed by atoms with E-state index in [9.17, 15) is 24.3 Å². The van der Waals surface area contributed by atoms with Gasteiger partial charge in [0.25, 0.3) is 0 Å². The second-order valence-electron chi connectivity index (χ2n) is 6.43. The lowest BCUT2D eigenvalue weighted by atomic mass is 10.0. The number of pyridine rings is 1. The highest BCUT2D eigenvalue weighted by Gasteiger charge is 2.23. The summed E-state index contributed by atoms with van der Waals surface area (Å²) in [6, 6.07) is 13.4. The Balaban J connectivity index is 2.01. The first-order chi connectivity index (χ1) is 13.9. The molecule has 148 valence electrons. The lowest BCUT2D eigenvalue weighted by Gasteiger charge is -2.13. The minimum absolute atomic E-state index is 0.0220. The van der Waals surface area contributed by atoms with Crippen LogP contribution in [0.15, 0.2) is 59.5 Å². The summed E-state index contributed by atoms with van der Waals surface area (Å²) < 4.78 is 6.34. The Kier molecular flexibility index (Phi) is 5.87. The van der Waals surface area contributed by atoms with Crippen molar-refractivity contribution in [3.63, 3.8) is 0 Å². The van der Waals surface area contributed by atoms with Crippen LogP contribution in [0.1, 0.15) is 29.3 Å². The van der Waals surface area contributed by atoms with Crippen molar-refractivity contribution in [1.29, 1.82) is 0 Å². The highest BCUT2D eigenvalue weighted by atomic mass is 16.5. The highest BCUT2D eigenvalue weighted by Crippen LogP contribution is 2.17. The molecule has 0 unspecified atom stereocenters. The molecule has 3 aromatic rings. The molecule has 0 amide bonds. The second kappa shape index (κ2) is 8.52. The number of benzene rings is 2. The van der Waals surface area contributed by atoms with E-state index in [1.54, 1.807) is 60.0 Å².